The Bertz CT molecular complexity index is 975. The van der Waals surface area contributed by atoms with Gasteiger partial charge in [-0.2, -0.15) is 0 Å². The molecule has 3 aromatic rings. The molecule has 0 unspecified atom stereocenters. The Balaban J connectivity index is 1.87. The van der Waals surface area contributed by atoms with Crippen molar-refractivity contribution >= 4 is 15.7 Å². The van der Waals surface area contributed by atoms with Gasteiger partial charge < -0.3 is 4.74 Å². The van der Waals surface area contributed by atoms with Crippen LogP contribution in [0.5, 0.6) is 5.88 Å². The summed E-state index contributed by atoms with van der Waals surface area (Å²) in [6.45, 7) is 0. The van der Waals surface area contributed by atoms with Gasteiger partial charge in [-0.05, 0) is 42.5 Å². The molecule has 0 saturated heterocycles. The number of benzene rings is 2. The van der Waals surface area contributed by atoms with Gasteiger partial charge in [-0.1, -0.05) is 12.1 Å². The molecule has 2 aromatic carbocycles. The summed E-state index contributed by atoms with van der Waals surface area (Å²) in [5.41, 5.74) is 1.62. The number of aromatic nitrogens is 2. The molecule has 3 rings (SSSR count). The Kier molecular flexibility index (Phi) is 4.62. The molecule has 0 spiro atoms. The van der Waals surface area contributed by atoms with Gasteiger partial charge in [0, 0.05) is 17.3 Å². The maximum absolute atomic E-state index is 13.0. The van der Waals surface area contributed by atoms with Gasteiger partial charge in [0.05, 0.1) is 17.7 Å². The summed E-state index contributed by atoms with van der Waals surface area (Å²) in [4.78, 5) is -0.0245. The lowest BCUT2D eigenvalue weighted by molar-refractivity contribution is 0.392. The zero-order valence-corrected chi connectivity index (χ0v) is 14.0. The van der Waals surface area contributed by atoms with E-state index in [0.29, 0.717) is 22.8 Å². The van der Waals surface area contributed by atoms with Crippen molar-refractivity contribution in [1.82, 2.24) is 10.2 Å². The summed E-state index contributed by atoms with van der Waals surface area (Å²) in [6.07, 6.45) is 0. The summed E-state index contributed by atoms with van der Waals surface area (Å²) >= 11 is 0. The summed E-state index contributed by atoms with van der Waals surface area (Å²) in [7, 11) is -2.32. The van der Waals surface area contributed by atoms with E-state index in [0.717, 1.165) is 12.1 Å². The number of hydrogen-bond donors (Lipinski definition) is 1. The zero-order valence-electron chi connectivity index (χ0n) is 13.2. The van der Waals surface area contributed by atoms with Crippen LogP contribution in [0.15, 0.2) is 65.6 Å². The standard InChI is InChI=1S/C17H14FN3O3S/c1-24-17-10-9-16(19-20-17)12-3-2-4-14(11-12)21-25(22,23)15-7-5-13(18)6-8-15/h2-11,21H,1H3. The van der Waals surface area contributed by atoms with Crippen molar-refractivity contribution in [2.75, 3.05) is 11.8 Å². The third kappa shape index (κ3) is 3.92. The van der Waals surface area contributed by atoms with Crippen molar-refractivity contribution in [3.05, 3.63) is 66.5 Å². The minimum absolute atomic E-state index is 0.0245. The number of halogens is 1. The molecule has 25 heavy (non-hydrogen) atoms. The van der Waals surface area contributed by atoms with Gasteiger partial charge in [-0.15, -0.1) is 10.2 Å². The van der Waals surface area contributed by atoms with Gasteiger partial charge in [-0.3, -0.25) is 4.72 Å². The van der Waals surface area contributed by atoms with Crippen LogP contribution in [0.2, 0.25) is 0 Å². The van der Waals surface area contributed by atoms with E-state index in [1.165, 1.54) is 19.2 Å². The highest BCUT2D eigenvalue weighted by Crippen LogP contribution is 2.23. The average Bonchev–Trinajstić information content (AvgIpc) is 2.62. The predicted molar refractivity (Wildman–Crippen MR) is 91.2 cm³/mol. The SMILES string of the molecule is COc1ccc(-c2cccc(NS(=O)(=O)c3ccc(F)cc3)c2)nn1. The van der Waals surface area contributed by atoms with E-state index in [4.69, 9.17) is 4.74 Å². The highest BCUT2D eigenvalue weighted by atomic mass is 32.2. The fourth-order valence-corrected chi connectivity index (χ4v) is 3.20. The van der Waals surface area contributed by atoms with Crippen LogP contribution in [0.1, 0.15) is 0 Å². The molecule has 0 bridgehead atoms. The number of hydrogen-bond acceptors (Lipinski definition) is 5. The molecule has 0 amide bonds. The van der Waals surface area contributed by atoms with Crippen LogP contribution < -0.4 is 9.46 Å². The highest BCUT2D eigenvalue weighted by molar-refractivity contribution is 7.92. The summed E-state index contributed by atoms with van der Waals surface area (Å²) in [5.74, 6) is -0.115. The molecular formula is C17H14FN3O3S. The number of anilines is 1. The number of nitrogens with zero attached hydrogens (tertiary/aromatic N) is 2. The first-order chi connectivity index (χ1) is 12.0. The Morgan fingerprint density at radius 2 is 1.76 bits per heavy atom. The molecule has 0 atom stereocenters. The topological polar surface area (TPSA) is 81.2 Å². The maximum Gasteiger partial charge on any atom is 0.261 e. The molecule has 0 radical (unpaired) electrons. The van der Waals surface area contributed by atoms with Crippen LogP contribution >= 0.6 is 0 Å². The number of ether oxygens (including phenoxy) is 1. The molecular weight excluding hydrogens is 345 g/mol. The second-order valence-corrected chi connectivity index (χ2v) is 6.78. The van der Waals surface area contributed by atoms with Crippen LogP contribution in [0, 0.1) is 5.82 Å². The molecule has 1 heterocycles. The van der Waals surface area contributed by atoms with E-state index in [1.54, 1.807) is 36.4 Å². The number of sulfonamides is 1. The molecule has 0 fully saturated rings. The quantitative estimate of drug-likeness (QED) is 0.757. The first-order valence-electron chi connectivity index (χ1n) is 7.24. The third-order valence-corrected chi connectivity index (χ3v) is 4.78. The lowest BCUT2D eigenvalue weighted by Gasteiger charge is -2.09. The normalized spacial score (nSPS) is 11.1. The van der Waals surface area contributed by atoms with Gasteiger partial charge >= 0.3 is 0 Å². The lowest BCUT2D eigenvalue weighted by Crippen LogP contribution is -2.12. The fraction of sp³-hybridized carbons (Fsp3) is 0.0588. The second-order valence-electron chi connectivity index (χ2n) is 5.10. The lowest BCUT2D eigenvalue weighted by atomic mass is 10.1. The van der Waals surface area contributed by atoms with E-state index in [1.807, 2.05) is 0 Å². The Morgan fingerprint density at radius 3 is 2.40 bits per heavy atom. The van der Waals surface area contributed by atoms with E-state index < -0.39 is 15.8 Å². The van der Waals surface area contributed by atoms with Gasteiger partial charge in [0.15, 0.2) is 0 Å². The fourth-order valence-electron chi connectivity index (χ4n) is 2.15. The molecule has 128 valence electrons. The molecule has 1 N–H and O–H groups in total. The molecule has 0 aliphatic carbocycles. The van der Waals surface area contributed by atoms with Crippen molar-refractivity contribution < 1.29 is 17.5 Å². The van der Waals surface area contributed by atoms with Crippen LogP contribution in [0.25, 0.3) is 11.3 Å². The largest absolute Gasteiger partial charge is 0.480 e. The maximum atomic E-state index is 13.0. The van der Waals surface area contributed by atoms with E-state index in [2.05, 4.69) is 14.9 Å². The summed E-state index contributed by atoms with van der Waals surface area (Å²) < 4.78 is 45.1. The van der Waals surface area contributed by atoms with Crippen molar-refractivity contribution in [3.63, 3.8) is 0 Å². The monoisotopic (exact) mass is 359 g/mol. The average molecular weight is 359 g/mol. The minimum Gasteiger partial charge on any atom is -0.480 e. The Labute approximate surface area is 144 Å². The van der Waals surface area contributed by atoms with Crippen molar-refractivity contribution in [2.45, 2.75) is 4.90 Å². The van der Waals surface area contributed by atoms with Crippen molar-refractivity contribution in [3.8, 4) is 17.1 Å². The smallest absolute Gasteiger partial charge is 0.261 e. The Morgan fingerprint density at radius 1 is 1.00 bits per heavy atom. The van der Waals surface area contributed by atoms with E-state index in [9.17, 15) is 12.8 Å². The van der Waals surface area contributed by atoms with Gasteiger partial charge in [0.2, 0.25) is 5.88 Å². The summed E-state index contributed by atoms with van der Waals surface area (Å²) in [5, 5.41) is 7.92. The molecule has 6 nitrogen and oxygen atoms in total. The van der Waals surface area contributed by atoms with Crippen LogP contribution in [-0.2, 0) is 10.0 Å². The van der Waals surface area contributed by atoms with E-state index in [-0.39, 0.29) is 4.90 Å². The first-order valence-corrected chi connectivity index (χ1v) is 8.73. The number of nitrogens with one attached hydrogen (secondary N) is 1. The van der Waals surface area contributed by atoms with Crippen molar-refractivity contribution in [1.29, 1.82) is 0 Å². The molecule has 0 saturated carbocycles. The highest BCUT2D eigenvalue weighted by Gasteiger charge is 2.14. The van der Waals surface area contributed by atoms with Crippen LogP contribution in [0.4, 0.5) is 10.1 Å². The van der Waals surface area contributed by atoms with Gasteiger partial charge in [0.25, 0.3) is 10.0 Å². The van der Waals surface area contributed by atoms with Crippen LogP contribution in [-0.4, -0.2) is 25.7 Å². The third-order valence-electron chi connectivity index (χ3n) is 3.38. The minimum atomic E-state index is -3.81. The Hall–Kier alpha value is -3.00. The molecule has 0 aliphatic heterocycles. The van der Waals surface area contributed by atoms with Crippen molar-refractivity contribution in [2.24, 2.45) is 0 Å². The summed E-state index contributed by atoms with van der Waals surface area (Å²) in [6, 6.07) is 14.7. The second kappa shape index (κ2) is 6.86. The van der Waals surface area contributed by atoms with Gasteiger partial charge in [-0.25, -0.2) is 12.8 Å². The van der Waals surface area contributed by atoms with Crippen LogP contribution in [0.3, 0.4) is 0 Å². The van der Waals surface area contributed by atoms with Gasteiger partial charge in [0.1, 0.15) is 5.82 Å². The molecule has 0 aliphatic rings. The first kappa shape index (κ1) is 16.8. The number of rotatable bonds is 5. The molecule has 8 heteroatoms. The number of methoxy groups -OCH3 is 1. The van der Waals surface area contributed by atoms with E-state index >= 15 is 0 Å². The zero-order chi connectivity index (χ0) is 17.9. The molecule has 1 aromatic heterocycles. The predicted octanol–water partition coefficient (Wildman–Crippen LogP) is 3.09.